The fourth-order valence-electron chi connectivity index (χ4n) is 1.42. The summed E-state index contributed by atoms with van der Waals surface area (Å²) >= 11 is 0. The first-order valence-corrected chi connectivity index (χ1v) is 5.76. The van der Waals surface area contributed by atoms with Crippen LogP contribution in [0.2, 0.25) is 0 Å². The molecule has 0 aliphatic rings. The van der Waals surface area contributed by atoms with Crippen molar-refractivity contribution in [1.82, 2.24) is 9.97 Å². The summed E-state index contributed by atoms with van der Waals surface area (Å²) in [5.41, 5.74) is 2.36. The summed E-state index contributed by atoms with van der Waals surface area (Å²) in [6.07, 6.45) is 12.2. The van der Waals surface area contributed by atoms with Gasteiger partial charge in [0.15, 0.2) is 0 Å². The van der Waals surface area contributed by atoms with Gasteiger partial charge >= 0.3 is 0 Å². The molecule has 4 heteroatoms. The van der Waals surface area contributed by atoms with Crippen molar-refractivity contribution in [3.05, 3.63) is 60.2 Å². The highest BCUT2D eigenvalue weighted by atomic mass is 15.2. The van der Waals surface area contributed by atoms with Crippen LogP contribution in [0.25, 0.3) is 0 Å². The van der Waals surface area contributed by atoms with Crippen LogP contribution in [0.3, 0.4) is 0 Å². The molecule has 0 saturated carbocycles. The second-order valence-corrected chi connectivity index (χ2v) is 3.72. The first kappa shape index (κ1) is 12.1. The van der Waals surface area contributed by atoms with Gasteiger partial charge in [-0.3, -0.25) is 9.97 Å². The van der Waals surface area contributed by atoms with Gasteiger partial charge in [-0.15, -0.1) is 0 Å². The lowest BCUT2D eigenvalue weighted by Crippen LogP contribution is -1.87. The Morgan fingerprint density at radius 3 is 1.50 bits per heavy atom. The maximum Gasteiger partial charge on any atom is 0.0313 e. The van der Waals surface area contributed by atoms with Gasteiger partial charge in [0.05, 0.1) is 0 Å². The van der Waals surface area contributed by atoms with Crippen molar-refractivity contribution in [2.75, 3.05) is 0 Å². The van der Waals surface area contributed by atoms with Crippen LogP contribution in [0.15, 0.2) is 59.3 Å². The lowest BCUT2D eigenvalue weighted by molar-refractivity contribution is 1.19. The first-order valence-electron chi connectivity index (χ1n) is 5.76. The van der Waals surface area contributed by atoms with Gasteiger partial charge in [0, 0.05) is 50.1 Å². The molecule has 2 heterocycles. The maximum absolute atomic E-state index is 3.99. The van der Waals surface area contributed by atoms with E-state index in [1.165, 1.54) is 11.1 Å². The number of rotatable bonds is 5. The predicted octanol–water partition coefficient (Wildman–Crippen LogP) is 2.32. The molecule has 0 unspecified atom stereocenters. The van der Waals surface area contributed by atoms with E-state index in [1.54, 1.807) is 37.2 Å². The summed E-state index contributed by atoms with van der Waals surface area (Å²) in [6.45, 7) is 0. The van der Waals surface area contributed by atoms with E-state index in [0.717, 1.165) is 12.8 Å². The van der Waals surface area contributed by atoms with Crippen LogP contribution in [-0.2, 0) is 12.8 Å². The van der Waals surface area contributed by atoms with E-state index >= 15 is 0 Å². The molecule has 0 fully saturated rings. The molecule has 2 aromatic heterocycles. The lowest BCUT2D eigenvalue weighted by Gasteiger charge is -1.92. The Kier molecular flexibility index (Phi) is 4.75. The van der Waals surface area contributed by atoms with Crippen molar-refractivity contribution in [3.8, 4) is 0 Å². The maximum atomic E-state index is 3.99. The highest BCUT2D eigenvalue weighted by Crippen LogP contribution is 1.96. The largest absolute Gasteiger partial charge is 0.265 e. The quantitative estimate of drug-likeness (QED) is 0.593. The molecule has 0 radical (unpaired) electrons. The van der Waals surface area contributed by atoms with E-state index in [0.29, 0.717) is 0 Å². The third kappa shape index (κ3) is 4.25. The normalized spacial score (nSPS) is 11.3. The second kappa shape index (κ2) is 7.06. The van der Waals surface area contributed by atoms with Crippen molar-refractivity contribution >= 4 is 12.4 Å². The Hall–Kier alpha value is -2.36. The van der Waals surface area contributed by atoms with Crippen LogP contribution < -0.4 is 0 Å². The van der Waals surface area contributed by atoms with E-state index in [-0.39, 0.29) is 0 Å². The standard InChI is InChI=1S/C14H14N4/c1-7-15-8-2-13(1)5-11-17-18-12-6-14-3-9-16-10-4-14/h1-4,7-12H,5-6H2/b17-11+,18-12+. The van der Waals surface area contributed by atoms with Gasteiger partial charge in [0.1, 0.15) is 0 Å². The van der Waals surface area contributed by atoms with Gasteiger partial charge in [-0.25, -0.2) is 0 Å². The fraction of sp³-hybridized carbons (Fsp3) is 0.143. The minimum atomic E-state index is 0.773. The van der Waals surface area contributed by atoms with Crippen molar-refractivity contribution in [2.45, 2.75) is 12.8 Å². The number of hydrogen-bond donors (Lipinski definition) is 0. The van der Waals surface area contributed by atoms with Gasteiger partial charge in [0.25, 0.3) is 0 Å². The SMILES string of the molecule is C(/Cc1ccncc1)=N\N=C\Cc1ccncc1. The Balaban J connectivity index is 1.75. The monoisotopic (exact) mass is 238 g/mol. The molecule has 0 bridgehead atoms. The molecule has 0 saturated heterocycles. The van der Waals surface area contributed by atoms with Crippen LogP contribution in [0.4, 0.5) is 0 Å². The molecule has 0 atom stereocenters. The summed E-state index contributed by atoms with van der Waals surface area (Å²) in [6, 6.07) is 7.86. The highest BCUT2D eigenvalue weighted by molar-refractivity contribution is 5.65. The van der Waals surface area contributed by atoms with Crippen LogP contribution in [0, 0.1) is 0 Å². The number of hydrogen-bond acceptors (Lipinski definition) is 4. The Morgan fingerprint density at radius 2 is 1.11 bits per heavy atom. The summed E-state index contributed by atoms with van der Waals surface area (Å²) in [7, 11) is 0. The highest BCUT2D eigenvalue weighted by Gasteiger charge is 1.87. The van der Waals surface area contributed by atoms with Crippen LogP contribution >= 0.6 is 0 Å². The summed E-state index contributed by atoms with van der Waals surface area (Å²) in [4.78, 5) is 7.91. The van der Waals surface area contributed by atoms with E-state index in [2.05, 4.69) is 20.2 Å². The zero-order chi connectivity index (χ0) is 12.5. The molecule has 4 nitrogen and oxygen atoms in total. The molecule has 0 aliphatic heterocycles. The van der Waals surface area contributed by atoms with E-state index in [4.69, 9.17) is 0 Å². The van der Waals surface area contributed by atoms with Crippen molar-refractivity contribution in [3.63, 3.8) is 0 Å². The van der Waals surface area contributed by atoms with Crippen LogP contribution in [0.5, 0.6) is 0 Å². The molecular formula is C14H14N4. The Labute approximate surface area is 106 Å². The Bertz CT molecular complexity index is 456. The summed E-state index contributed by atoms with van der Waals surface area (Å²) in [5.74, 6) is 0. The van der Waals surface area contributed by atoms with E-state index < -0.39 is 0 Å². The van der Waals surface area contributed by atoms with Gasteiger partial charge in [-0.1, -0.05) is 0 Å². The molecular weight excluding hydrogens is 224 g/mol. The van der Waals surface area contributed by atoms with Gasteiger partial charge < -0.3 is 0 Å². The van der Waals surface area contributed by atoms with Gasteiger partial charge in [-0.05, 0) is 35.4 Å². The number of aromatic nitrogens is 2. The van der Waals surface area contributed by atoms with Crippen LogP contribution in [-0.4, -0.2) is 22.4 Å². The number of pyridine rings is 2. The Morgan fingerprint density at radius 1 is 0.722 bits per heavy atom. The molecule has 0 aliphatic carbocycles. The minimum absolute atomic E-state index is 0.773. The summed E-state index contributed by atoms with van der Waals surface area (Å²) < 4.78 is 0. The van der Waals surface area contributed by atoms with Crippen molar-refractivity contribution < 1.29 is 0 Å². The molecule has 2 aromatic rings. The first-order chi connectivity index (χ1) is 8.95. The third-order valence-electron chi connectivity index (χ3n) is 2.38. The third-order valence-corrected chi connectivity index (χ3v) is 2.38. The van der Waals surface area contributed by atoms with Crippen molar-refractivity contribution in [2.24, 2.45) is 10.2 Å². The fourth-order valence-corrected chi connectivity index (χ4v) is 1.42. The lowest BCUT2D eigenvalue weighted by atomic mass is 10.2. The smallest absolute Gasteiger partial charge is 0.0313 e. The van der Waals surface area contributed by atoms with E-state index in [9.17, 15) is 0 Å². The average Bonchev–Trinajstić information content (AvgIpc) is 2.45. The number of nitrogens with zero attached hydrogens (tertiary/aromatic N) is 4. The zero-order valence-corrected chi connectivity index (χ0v) is 9.98. The van der Waals surface area contributed by atoms with Crippen LogP contribution in [0.1, 0.15) is 11.1 Å². The molecule has 18 heavy (non-hydrogen) atoms. The predicted molar refractivity (Wildman–Crippen MR) is 72.9 cm³/mol. The van der Waals surface area contributed by atoms with Gasteiger partial charge in [0.2, 0.25) is 0 Å². The molecule has 90 valence electrons. The van der Waals surface area contributed by atoms with E-state index in [1.807, 2.05) is 24.3 Å². The molecule has 0 N–H and O–H groups in total. The van der Waals surface area contributed by atoms with Crippen molar-refractivity contribution in [1.29, 1.82) is 0 Å². The molecule has 2 rings (SSSR count). The minimum Gasteiger partial charge on any atom is -0.265 e. The zero-order valence-electron chi connectivity index (χ0n) is 9.98. The van der Waals surface area contributed by atoms with Gasteiger partial charge in [-0.2, -0.15) is 10.2 Å². The molecule has 0 amide bonds. The second-order valence-electron chi connectivity index (χ2n) is 3.72. The molecule has 0 aromatic carbocycles. The summed E-state index contributed by atoms with van der Waals surface area (Å²) in [5, 5.41) is 7.98. The molecule has 0 spiro atoms. The topological polar surface area (TPSA) is 50.5 Å². The average molecular weight is 238 g/mol.